The van der Waals surface area contributed by atoms with Crippen molar-refractivity contribution in [1.29, 1.82) is 5.26 Å². The van der Waals surface area contributed by atoms with E-state index >= 15 is 0 Å². The van der Waals surface area contributed by atoms with Crippen molar-refractivity contribution in [3.8, 4) is 17.3 Å². The maximum Gasteiger partial charge on any atom is 0.127 e. The van der Waals surface area contributed by atoms with Crippen molar-refractivity contribution in [2.75, 3.05) is 5.73 Å². The van der Waals surface area contributed by atoms with Gasteiger partial charge < -0.3 is 5.73 Å². The minimum absolute atomic E-state index is 0.446. The highest BCUT2D eigenvalue weighted by molar-refractivity contribution is 5.62. The van der Waals surface area contributed by atoms with Crippen LogP contribution < -0.4 is 5.73 Å². The van der Waals surface area contributed by atoms with Crippen LogP contribution in [0.25, 0.3) is 11.3 Å². The van der Waals surface area contributed by atoms with Gasteiger partial charge in [0.2, 0.25) is 0 Å². The fourth-order valence-corrected chi connectivity index (χ4v) is 1.65. The number of benzene rings is 1. The molecule has 0 bridgehead atoms. The molecule has 0 amide bonds. The largest absolute Gasteiger partial charge is 0.384 e. The number of hydrogen-bond acceptors (Lipinski definition) is 4. The van der Waals surface area contributed by atoms with Crippen molar-refractivity contribution in [3.63, 3.8) is 0 Å². The Balaban J connectivity index is 2.37. The van der Waals surface area contributed by atoms with E-state index in [1.165, 1.54) is 6.33 Å². The van der Waals surface area contributed by atoms with Crippen LogP contribution in [0.2, 0.25) is 0 Å². The van der Waals surface area contributed by atoms with Gasteiger partial charge in [-0.3, -0.25) is 0 Å². The third-order valence-corrected chi connectivity index (χ3v) is 2.87. The van der Waals surface area contributed by atoms with Gasteiger partial charge in [-0.05, 0) is 19.4 Å². The van der Waals surface area contributed by atoms with Gasteiger partial charge in [-0.2, -0.15) is 5.26 Å². The summed E-state index contributed by atoms with van der Waals surface area (Å²) >= 11 is 0. The zero-order chi connectivity index (χ0) is 13.2. The van der Waals surface area contributed by atoms with Crippen molar-refractivity contribution in [2.45, 2.75) is 19.3 Å². The standard InChI is InChI=1S/C14H14N4/c1-14(2,8-15)11-5-3-10(4-6-11)12-7-13(16)18-9-17-12/h3-7,9H,1-2H3,(H2,16,17,18). The lowest BCUT2D eigenvalue weighted by Gasteiger charge is -2.15. The van der Waals surface area contributed by atoms with Crippen molar-refractivity contribution in [3.05, 3.63) is 42.2 Å². The van der Waals surface area contributed by atoms with Gasteiger partial charge in [0, 0.05) is 11.6 Å². The summed E-state index contributed by atoms with van der Waals surface area (Å²) in [6.07, 6.45) is 1.44. The Morgan fingerprint density at radius 1 is 1.17 bits per heavy atom. The molecule has 0 aliphatic rings. The summed E-state index contributed by atoms with van der Waals surface area (Å²) in [5.41, 5.74) is 7.86. The van der Waals surface area contributed by atoms with Crippen molar-refractivity contribution >= 4 is 5.82 Å². The first-order chi connectivity index (χ1) is 8.53. The number of rotatable bonds is 2. The van der Waals surface area contributed by atoms with Gasteiger partial charge in [0.25, 0.3) is 0 Å². The number of anilines is 1. The lowest BCUT2D eigenvalue weighted by molar-refractivity contribution is 0.687. The highest BCUT2D eigenvalue weighted by Gasteiger charge is 2.19. The lowest BCUT2D eigenvalue weighted by atomic mass is 9.86. The van der Waals surface area contributed by atoms with E-state index in [0.717, 1.165) is 16.8 Å². The molecule has 0 unspecified atom stereocenters. The summed E-state index contributed by atoms with van der Waals surface area (Å²) in [5, 5.41) is 9.08. The number of nitrogens with zero attached hydrogens (tertiary/aromatic N) is 3. The van der Waals surface area contributed by atoms with Crippen LogP contribution in [0, 0.1) is 11.3 Å². The maximum atomic E-state index is 9.08. The molecule has 4 nitrogen and oxygen atoms in total. The molecule has 18 heavy (non-hydrogen) atoms. The molecule has 0 fully saturated rings. The third kappa shape index (κ3) is 2.30. The Hall–Kier alpha value is -2.41. The molecular formula is C14H14N4. The molecular weight excluding hydrogens is 224 g/mol. The summed E-state index contributed by atoms with van der Waals surface area (Å²) in [6, 6.07) is 11.8. The highest BCUT2D eigenvalue weighted by Crippen LogP contribution is 2.25. The van der Waals surface area contributed by atoms with E-state index in [2.05, 4.69) is 16.0 Å². The molecule has 0 aliphatic carbocycles. The third-order valence-electron chi connectivity index (χ3n) is 2.87. The Morgan fingerprint density at radius 3 is 2.39 bits per heavy atom. The van der Waals surface area contributed by atoms with E-state index in [-0.39, 0.29) is 0 Å². The van der Waals surface area contributed by atoms with Crippen LogP contribution in [0.4, 0.5) is 5.82 Å². The molecule has 0 spiro atoms. The highest BCUT2D eigenvalue weighted by atomic mass is 14.9. The summed E-state index contributed by atoms with van der Waals surface area (Å²) < 4.78 is 0. The molecule has 0 saturated carbocycles. The zero-order valence-corrected chi connectivity index (χ0v) is 10.4. The molecule has 0 radical (unpaired) electrons. The Bertz CT molecular complexity index is 594. The zero-order valence-electron chi connectivity index (χ0n) is 10.4. The molecule has 1 heterocycles. The average molecular weight is 238 g/mol. The Labute approximate surface area is 106 Å². The van der Waals surface area contributed by atoms with E-state index in [4.69, 9.17) is 11.0 Å². The minimum atomic E-state index is -0.483. The molecule has 2 rings (SSSR count). The number of aromatic nitrogens is 2. The number of nitrogen functional groups attached to an aromatic ring is 1. The van der Waals surface area contributed by atoms with Crippen LogP contribution in [0.1, 0.15) is 19.4 Å². The summed E-state index contributed by atoms with van der Waals surface area (Å²) in [6.45, 7) is 3.79. The Kier molecular flexibility index (Phi) is 2.99. The molecule has 2 aromatic rings. The average Bonchev–Trinajstić information content (AvgIpc) is 2.39. The van der Waals surface area contributed by atoms with Crippen LogP contribution in [0.15, 0.2) is 36.7 Å². The second kappa shape index (κ2) is 4.46. The van der Waals surface area contributed by atoms with Gasteiger partial charge in [-0.15, -0.1) is 0 Å². The van der Waals surface area contributed by atoms with E-state index in [0.29, 0.717) is 5.82 Å². The molecule has 1 aromatic heterocycles. The van der Waals surface area contributed by atoms with E-state index in [1.807, 2.05) is 38.1 Å². The second-order valence-electron chi connectivity index (χ2n) is 4.64. The predicted molar refractivity (Wildman–Crippen MR) is 70.5 cm³/mol. The van der Waals surface area contributed by atoms with Gasteiger partial charge in [0.15, 0.2) is 0 Å². The SMILES string of the molecule is CC(C)(C#N)c1ccc(-c2cc(N)ncn2)cc1. The fourth-order valence-electron chi connectivity index (χ4n) is 1.65. The first-order valence-electron chi connectivity index (χ1n) is 5.62. The van der Waals surface area contributed by atoms with Gasteiger partial charge in [0.05, 0.1) is 17.2 Å². The van der Waals surface area contributed by atoms with E-state index in [1.54, 1.807) is 6.07 Å². The quantitative estimate of drug-likeness (QED) is 0.872. The van der Waals surface area contributed by atoms with Gasteiger partial charge in [-0.1, -0.05) is 24.3 Å². The molecule has 0 atom stereocenters. The lowest BCUT2D eigenvalue weighted by Crippen LogP contribution is -2.13. The molecule has 90 valence electrons. The van der Waals surface area contributed by atoms with Gasteiger partial charge in [0.1, 0.15) is 12.1 Å². The molecule has 0 saturated heterocycles. The number of nitriles is 1. The predicted octanol–water partition coefficient (Wildman–Crippen LogP) is 2.53. The molecule has 0 aliphatic heterocycles. The van der Waals surface area contributed by atoms with Crippen molar-refractivity contribution < 1.29 is 0 Å². The first kappa shape index (κ1) is 12.1. The summed E-state index contributed by atoms with van der Waals surface area (Å²) in [7, 11) is 0. The number of nitrogens with two attached hydrogens (primary N) is 1. The molecule has 2 N–H and O–H groups in total. The molecule has 4 heteroatoms. The minimum Gasteiger partial charge on any atom is -0.384 e. The van der Waals surface area contributed by atoms with Crippen LogP contribution in [0.3, 0.4) is 0 Å². The maximum absolute atomic E-state index is 9.08. The van der Waals surface area contributed by atoms with E-state index in [9.17, 15) is 0 Å². The van der Waals surface area contributed by atoms with Gasteiger partial charge in [-0.25, -0.2) is 9.97 Å². The fraction of sp³-hybridized carbons (Fsp3) is 0.214. The van der Waals surface area contributed by atoms with Crippen LogP contribution in [-0.2, 0) is 5.41 Å². The van der Waals surface area contributed by atoms with Crippen LogP contribution in [-0.4, -0.2) is 9.97 Å². The van der Waals surface area contributed by atoms with Crippen LogP contribution in [0.5, 0.6) is 0 Å². The van der Waals surface area contributed by atoms with Gasteiger partial charge >= 0.3 is 0 Å². The topological polar surface area (TPSA) is 75.6 Å². The summed E-state index contributed by atoms with van der Waals surface area (Å²) in [5.74, 6) is 0.446. The molecule has 1 aromatic carbocycles. The first-order valence-corrected chi connectivity index (χ1v) is 5.62. The van der Waals surface area contributed by atoms with E-state index < -0.39 is 5.41 Å². The monoisotopic (exact) mass is 238 g/mol. The number of hydrogen-bond donors (Lipinski definition) is 1. The van der Waals surface area contributed by atoms with Crippen LogP contribution >= 0.6 is 0 Å². The second-order valence-corrected chi connectivity index (χ2v) is 4.64. The normalized spacial score (nSPS) is 10.9. The van der Waals surface area contributed by atoms with Crippen molar-refractivity contribution in [1.82, 2.24) is 9.97 Å². The smallest absolute Gasteiger partial charge is 0.127 e. The Morgan fingerprint density at radius 2 is 1.83 bits per heavy atom. The summed E-state index contributed by atoms with van der Waals surface area (Å²) in [4.78, 5) is 8.02. The van der Waals surface area contributed by atoms with Crippen molar-refractivity contribution in [2.24, 2.45) is 0 Å².